The molecule has 1 unspecified atom stereocenters. The van der Waals surface area contributed by atoms with Crippen LogP contribution in [0.3, 0.4) is 0 Å². The smallest absolute Gasteiger partial charge is 0.303 e. The van der Waals surface area contributed by atoms with Gasteiger partial charge in [0.1, 0.15) is 11.6 Å². The molecule has 0 aliphatic rings. The van der Waals surface area contributed by atoms with Gasteiger partial charge in [0.25, 0.3) is 0 Å². The molecule has 0 radical (unpaired) electrons. The van der Waals surface area contributed by atoms with Crippen molar-refractivity contribution in [2.75, 3.05) is 7.11 Å². The van der Waals surface area contributed by atoms with Crippen LogP contribution in [0.15, 0.2) is 36.7 Å². The zero-order chi connectivity index (χ0) is 15.4. The monoisotopic (exact) mass is 289 g/mol. The number of rotatable bonds is 5. The summed E-state index contributed by atoms with van der Waals surface area (Å²) in [5.74, 6) is -0.859. The van der Waals surface area contributed by atoms with E-state index in [0.717, 1.165) is 5.56 Å². The molecule has 0 aliphatic carbocycles. The molecular weight excluding hydrogens is 273 g/mol. The van der Waals surface area contributed by atoms with Crippen molar-refractivity contribution < 1.29 is 19.0 Å². The van der Waals surface area contributed by atoms with Crippen LogP contribution >= 0.6 is 0 Å². The molecule has 5 heteroatoms. The lowest BCUT2D eigenvalue weighted by Gasteiger charge is -2.12. The number of carboxylic acids is 1. The normalized spacial score (nSPS) is 12.0. The van der Waals surface area contributed by atoms with E-state index in [2.05, 4.69) is 4.98 Å². The number of ether oxygens (including phenoxy) is 1. The number of nitrogens with zero attached hydrogens (tertiary/aromatic N) is 1. The number of benzene rings is 1. The summed E-state index contributed by atoms with van der Waals surface area (Å²) in [6.07, 6.45) is 3.25. The topological polar surface area (TPSA) is 59.4 Å². The van der Waals surface area contributed by atoms with Crippen molar-refractivity contribution in [2.24, 2.45) is 0 Å². The first-order valence-corrected chi connectivity index (χ1v) is 6.52. The van der Waals surface area contributed by atoms with Crippen LogP contribution in [0.4, 0.5) is 4.39 Å². The van der Waals surface area contributed by atoms with Crippen molar-refractivity contribution in [2.45, 2.75) is 19.3 Å². The number of methoxy groups -OCH3 is 1. The third kappa shape index (κ3) is 3.56. The summed E-state index contributed by atoms with van der Waals surface area (Å²) in [5, 5.41) is 8.86. The van der Waals surface area contributed by atoms with Crippen LogP contribution in [0, 0.1) is 5.82 Å². The first kappa shape index (κ1) is 15.0. The highest BCUT2D eigenvalue weighted by Gasteiger charge is 2.13. The third-order valence-electron chi connectivity index (χ3n) is 3.28. The Kier molecular flexibility index (Phi) is 4.52. The van der Waals surface area contributed by atoms with Crippen LogP contribution in [-0.4, -0.2) is 23.2 Å². The molecule has 0 fully saturated rings. The molecule has 0 saturated heterocycles. The average Bonchev–Trinajstić information content (AvgIpc) is 2.46. The molecule has 2 aromatic rings. The first-order valence-electron chi connectivity index (χ1n) is 6.52. The van der Waals surface area contributed by atoms with Gasteiger partial charge < -0.3 is 9.84 Å². The van der Waals surface area contributed by atoms with E-state index in [1.54, 1.807) is 18.5 Å². The Morgan fingerprint density at radius 1 is 1.38 bits per heavy atom. The van der Waals surface area contributed by atoms with Gasteiger partial charge in [0.05, 0.1) is 13.5 Å². The van der Waals surface area contributed by atoms with E-state index >= 15 is 0 Å². The van der Waals surface area contributed by atoms with E-state index in [0.29, 0.717) is 16.9 Å². The highest BCUT2D eigenvalue weighted by molar-refractivity contribution is 5.71. The van der Waals surface area contributed by atoms with Crippen LogP contribution in [0.25, 0.3) is 11.1 Å². The first-order chi connectivity index (χ1) is 10.0. The fourth-order valence-corrected chi connectivity index (χ4v) is 2.16. The zero-order valence-corrected chi connectivity index (χ0v) is 11.8. The van der Waals surface area contributed by atoms with Crippen molar-refractivity contribution in [1.82, 2.24) is 4.98 Å². The minimum atomic E-state index is -0.865. The summed E-state index contributed by atoms with van der Waals surface area (Å²) in [7, 11) is 1.51. The summed E-state index contributed by atoms with van der Waals surface area (Å²) in [6.45, 7) is 1.82. The van der Waals surface area contributed by atoms with Crippen LogP contribution < -0.4 is 4.74 Å². The number of pyridine rings is 1. The van der Waals surface area contributed by atoms with Crippen LogP contribution in [-0.2, 0) is 4.79 Å². The third-order valence-corrected chi connectivity index (χ3v) is 3.28. The predicted molar refractivity (Wildman–Crippen MR) is 76.9 cm³/mol. The van der Waals surface area contributed by atoms with Crippen molar-refractivity contribution >= 4 is 5.97 Å². The lowest BCUT2D eigenvalue weighted by molar-refractivity contribution is -0.137. The number of hydrogen-bond donors (Lipinski definition) is 1. The van der Waals surface area contributed by atoms with Gasteiger partial charge in [-0.25, -0.2) is 4.39 Å². The van der Waals surface area contributed by atoms with Crippen molar-refractivity contribution in [3.05, 3.63) is 48.0 Å². The summed E-state index contributed by atoms with van der Waals surface area (Å²) < 4.78 is 18.7. The molecule has 1 aromatic carbocycles. The van der Waals surface area contributed by atoms with Gasteiger partial charge in [0, 0.05) is 23.5 Å². The lowest BCUT2D eigenvalue weighted by atomic mass is 9.96. The van der Waals surface area contributed by atoms with Crippen molar-refractivity contribution in [3.63, 3.8) is 0 Å². The minimum absolute atomic E-state index is 0.0193. The van der Waals surface area contributed by atoms with E-state index in [1.807, 2.05) is 13.0 Å². The maximum Gasteiger partial charge on any atom is 0.303 e. The second-order valence-electron chi connectivity index (χ2n) is 4.85. The van der Waals surface area contributed by atoms with E-state index < -0.39 is 5.97 Å². The van der Waals surface area contributed by atoms with Gasteiger partial charge in [-0.2, -0.15) is 0 Å². The van der Waals surface area contributed by atoms with Gasteiger partial charge in [-0.1, -0.05) is 6.92 Å². The molecule has 1 aromatic heterocycles. The van der Waals surface area contributed by atoms with Crippen molar-refractivity contribution in [3.8, 4) is 16.9 Å². The molecule has 0 saturated carbocycles. The molecule has 4 nitrogen and oxygen atoms in total. The standard InChI is InChI=1S/C16H16FNO3/c1-10(5-16(19)20)11-6-12(9-18-8-11)14-7-13(17)3-4-15(14)21-2/h3-4,6-10H,5H2,1-2H3,(H,19,20). The maximum atomic E-state index is 13.4. The molecular formula is C16H16FNO3. The van der Waals surface area contributed by atoms with Gasteiger partial charge in [-0.15, -0.1) is 0 Å². The zero-order valence-electron chi connectivity index (χ0n) is 11.8. The Hall–Kier alpha value is -2.43. The molecule has 0 aliphatic heterocycles. The van der Waals surface area contributed by atoms with Gasteiger partial charge in [-0.3, -0.25) is 9.78 Å². The van der Waals surface area contributed by atoms with Gasteiger partial charge in [0.2, 0.25) is 0 Å². The van der Waals surface area contributed by atoms with Crippen LogP contribution in [0.1, 0.15) is 24.8 Å². The van der Waals surface area contributed by atoms with Crippen LogP contribution in [0.2, 0.25) is 0 Å². The minimum Gasteiger partial charge on any atom is -0.496 e. The molecule has 21 heavy (non-hydrogen) atoms. The quantitative estimate of drug-likeness (QED) is 0.915. The Labute approximate surface area is 122 Å². The number of carboxylic acid groups (broad SMARTS) is 1. The molecule has 0 amide bonds. The molecule has 1 N–H and O–H groups in total. The summed E-state index contributed by atoms with van der Waals surface area (Å²) in [4.78, 5) is 14.9. The van der Waals surface area contributed by atoms with E-state index in [9.17, 15) is 9.18 Å². The second kappa shape index (κ2) is 6.35. The van der Waals surface area contributed by atoms with E-state index in [1.165, 1.54) is 19.2 Å². The molecule has 2 rings (SSSR count). The number of halogens is 1. The SMILES string of the molecule is COc1ccc(F)cc1-c1cncc(C(C)CC(=O)O)c1. The Bertz CT molecular complexity index is 658. The Morgan fingerprint density at radius 3 is 2.81 bits per heavy atom. The highest BCUT2D eigenvalue weighted by Crippen LogP contribution is 2.32. The average molecular weight is 289 g/mol. The van der Waals surface area contributed by atoms with Crippen LogP contribution in [0.5, 0.6) is 5.75 Å². The highest BCUT2D eigenvalue weighted by atomic mass is 19.1. The molecule has 0 spiro atoms. The lowest BCUT2D eigenvalue weighted by Crippen LogP contribution is -2.03. The fourth-order valence-electron chi connectivity index (χ4n) is 2.16. The number of hydrogen-bond acceptors (Lipinski definition) is 3. The number of aromatic nitrogens is 1. The second-order valence-corrected chi connectivity index (χ2v) is 4.85. The molecule has 1 heterocycles. The van der Waals surface area contributed by atoms with Gasteiger partial charge in [0.15, 0.2) is 0 Å². The Morgan fingerprint density at radius 2 is 2.14 bits per heavy atom. The van der Waals surface area contributed by atoms with E-state index in [-0.39, 0.29) is 18.2 Å². The van der Waals surface area contributed by atoms with Gasteiger partial charge >= 0.3 is 5.97 Å². The summed E-state index contributed by atoms with van der Waals surface area (Å²) >= 11 is 0. The van der Waals surface area contributed by atoms with Crippen molar-refractivity contribution in [1.29, 1.82) is 0 Å². The molecule has 0 bridgehead atoms. The van der Waals surface area contributed by atoms with Gasteiger partial charge in [-0.05, 0) is 35.7 Å². The molecule has 110 valence electrons. The maximum absolute atomic E-state index is 13.4. The number of carbonyl (C=O) groups is 1. The largest absolute Gasteiger partial charge is 0.496 e. The number of aliphatic carboxylic acids is 1. The fraction of sp³-hybridized carbons (Fsp3) is 0.250. The predicted octanol–water partition coefficient (Wildman–Crippen LogP) is 3.47. The molecule has 1 atom stereocenters. The summed E-state index contributed by atoms with van der Waals surface area (Å²) in [6, 6.07) is 6.07. The van der Waals surface area contributed by atoms with E-state index in [4.69, 9.17) is 9.84 Å². The Balaban J connectivity index is 2.41. The summed E-state index contributed by atoms with van der Waals surface area (Å²) in [5.41, 5.74) is 2.08.